The van der Waals surface area contributed by atoms with Crippen LogP contribution in [0, 0.1) is 0 Å². The van der Waals surface area contributed by atoms with Crippen LogP contribution in [0.25, 0.3) is 0 Å². The second-order valence-corrected chi connectivity index (χ2v) is 14.8. The van der Waals surface area contributed by atoms with Gasteiger partial charge in [0.15, 0.2) is 6.23 Å². The van der Waals surface area contributed by atoms with Crippen molar-refractivity contribution in [3.63, 3.8) is 0 Å². The van der Waals surface area contributed by atoms with Crippen molar-refractivity contribution >= 4 is 62.6 Å². The number of unbranched alkanes of at least 4 members (excludes halogenated alkanes) is 13. The standard InChI is InChI=1S/C28H52ClN3O12P2.Na/c1-2-3-4-5-6-7-8-9-10-11-12-13-14-15-18-40-20-22(19-29)43-46(38,39)44-45(36,37)41-21-23-25(33)26(34)27(42-23)32-17-16-24(30)31-28(32)35;/h16-17,22-23,25-27,33-34H,2-15,18-21H2,1H3,(H,36,37)(H,38,39)(H2,30,31,35);. The van der Waals surface area contributed by atoms with Crippen LogP contribution in [0.3, 0.4) is 0 Å². The van der Waals surface area contributed by atoms with Gasteiger partial charge in [0.2, 0.25) is 0 Å². The van der Waals surface area contributed by atoms with Crippen LogP contribution < -0.4 is 11.4 Å². The van der Waals surface area contributed by atoms with Gasteiger partial charge < -0.3 is 35.2 Å². The Hall–Kier alpha value is 0.0700. The van der Waals surface area contributed by atoms with Gasteiger partial charge in [0.25, 0.3) is 0 Å². The number of hydrogen-bond acceptors (Lipinski definition) is 12. The van der Waals surface area contributed by atoms with E-state index < -0.39 is 58.6 Å². The smallest absolute Gasteiger partial charge is 0.387 e. The number of halogens is 1. The van der Waals surface area contributed by atoms with Crippen LogP contribution in [0.1, 0.15) is 103 Å². The Labute approximate surface area is 304 Å². The Morgan fingerprint density at radius 2 is 1.51 bits per heavy atom. The second kappa shape index (κ2) is 24.3. The van der Waals surface area contributed by atoms with E-state index in [-0.39, 0.29) is 47.9 Å². The van der Waals surface area contributed by atoms with Gasteiger partial charge in [0, 0.05) is 42.4 Å². The van der Waals surface area contributed by atoms with Crippen LogP contribution in [0.15, 0.2) is 17.1 Å². The minimum Gasteiger partial charge on any atom is -0.387 e. The summed E-state index contributed by atoms with van der Waals surface area (Å²) >= 11 is 5.82. The van der Waals surface area contributed by atoms with E-state index in [0.29, 0.717) is 6.61 Å². The van der Waals surface area contributed by atoms with Crippen LogP contribution in [-0.2, 0) is 32.0 Å². The molecule has 7 unspecified atom stereocenters. The van der Waals surface area contributed by atoms with Crippen LogP contribution in [0.4, 0.5) is 5.82 Å². The summed E-state index contributed by atoms with van der Waals surface area (Å²) < 4.78 is 50.5. The first-order valence-electron chi connectivity index (χ1n) is 16.1. The van der Waals surface area contributed by atoms with Crippen molar-refractivity contribution in [2.75, 3.05) is 31.4 Å². The summed E-state index contributed by atoms with van der Waals surface area (Å²) in [4.78, 5) is 35.6. The molecule has 1 aliphatic heterocycles. The van der Waals surface area contributed by atoms with Gasteiger partial charge in [-0.1, -0.05) is 90.4 Å². The third-order valence-electron chi connectivity index (χ3n) is 7.47. The molecule has 269 valence electrons. The zero-order chi connectivity index (χ0) is 34.0. The number of aliphatic hydroxyl groups excluding tert-OH is 2. The molecular formula is C28H52ClN3NaO12P2. The summed E-state index contributed by atoms with van der Waals surface area (Å²) in [6.45, 7) is 1.62. The van der Waals surface area contributed by atoms with E-state index >= 15 is 0 Å². The number of aliphatic hydroxyl groups is 2. The molecule has 7 atom stereocenters. The van der Waals surface area contributed by atoms with Crippen molar-refractivity contribution in [3.8, 4) is 0 Å². The first kappa shape index (κ1) is 45.1. The van der Waals surface area contributed by atoms with Crippen molar-refractivity contribution in [2.24, 2.45) is 0 Å². The number of nitrogens with two attached hydrogens (primary N) is 1. The minimum absolute atomic E-state index is 0. The first-order chi connectivity index (χ1) is 21.9. The van der Waals surface area contributed by atoms with E-state index in [1.165, 1.54) is 82.9 Å². The molecule has 2 heterocycles. The molecule has 1 aromatic rings. The fourth-order valence-electron chi connectivity index (χ4n) is 4.96. The average Bonchev–Trinajstić information content (AvgIpc) is 3.27. The van der Waals surface area contributed by atoms with Crippen LogP contribution >= 0.6 is 27.2 Å². The van der Waals surface area contributed by atoms with Crippen molar-refractivity contribution in [1.82, 2.24) is 9.55 Å². The van der Waals surface area contributed by atoms with Crippen molar-refractivity contribution in [3.05, 3.63) is 22.7 Å². The number of aromatic nitrogens is 2. The van der Waals surface area contributed by atoms with Gasteiger partial charge in [-0.3, -0.25) is 13.6 Å². The third-order valence-corrected chi connectivity index (χ3v) is 10.5. The molecule has 0 saturated carbocycles. The Bertz CT molecular complexity index is 1160. The van der Waals surface area contributed by atoms with Gasteiger partial charge in [-0.15, -0.1) is 11.6 Å². The normalized spacial score (nSPS) is 22.8. The average molecular weight is 743 g/mol. The summed E-state index contributed by atoms with van der Waals surface area (Å²) in [5.74, 6) is -0.333. The number of nitrogens with zero attached hydrogens (tertiary/aromatic N) is 2. The fraction of sp³-hybridized carbons (Fsp3) is 0.857. The zero-order valence-corrected chi connectivity index (χ0v) is 32.1. The van der Waals surface area contributed by atoms with Crippen LogP contribution in [0.5, 0.6) is 0 Å². The van der Waals surface area contributed by atoms with E-state index in [1.54, 1.807) is 0 Å². The van der Waals surface area contributed by atoms with Crippen molar-refractivity contribution in [1.29, 1.82) is 0 Å². The van der Waals surface area contributed by atoms with E-state index in [1.807, 2.05) is 0 Å². The van der Waals surface area contributed by atoms with E-state index in [9.17, 15) is 33.9 Å². The second-order valence-electron chi connectivity index (χ2n) is 11.5. The molecule has 0 spiro atoms. The maximum atomic E-state index is 12.4. The first-order valence-corrected chi connectivity index (χ1v) is 19.6. The molecule has 47 heavy (non-hydrogen) atoms. The molecule has 2 rings (SSSR count). The maximum Gasteiger partial charge on any atom is 0.481 e. The van der Waals surface area contributed by atoms with E-state index in [0.717, 1.165) is 23.8 Å². The Morgan fingerprint density at radius 1 is 0.957 bits per heavy atom. The zero-order valence-electron chi connectivity index (χ0n) is 27.6. The molecule has 1 aliphatic rings. The van der Waals surface area contributed by atoms with Crippen molar-refractivity contribution < 1.29 is 52.0 Å². The number of nitrogen functional groups attached to an aromatic ring is 1. The molecular weight excluding hydrogens is 691 g/mol. The van der Waals surface area contributed by atoms with Crippen LogP contribution in [-0.4, -0.2) is 109 Å². The molecule has 15 nitrogen and oxygen atoms in total. The predicted molar refractivity (Wildman–Crippen MR) is 178 cm³/mol. The molecule has 1 saturated heterocycles. The summed E-state index contributed by atoms with van der Waals surface area (Å²) in [5.41, 5.74) is 4.57. The topological polar surface area (TPSA) is 222 Å². The number of rotatable bonds is 26. The number of hydrogen-bond donors (Lipinski definition) is 5. The number of alkyl halides is 1. The Morgan fingerprint density at radius 3 is 2.04 bits per heavy atom. The molecule has 0 bridgehead atoms. The van der Waals surface area contributed by atoms with Gasteiger partial charge in [-0.2, -0.15) is 9.29 Å². The Kier molecular flexibility index (Phi) is 23.3. The molecule has 6 N–H and O–H groups in total. The van der Waals surface area contributed by atoms with Crippen LogP contribution in [0.2, 0.25) is 0 Å². The van der Waals surface area contributed by atoms with Gasteiger partial charge in [-0.05, 0) is 12.5 Å². The summed E-state index contributed by atoms with van der Waals surface area (Å²) in [7, 11) is -10.4. The molecule has 0 aliphatic carbocycles. The summed E-state index contributed by atoms with van der Waals surface area (Å²) in [5, 5.41) is 20.6. The van der Waals surface area contributed by atoms with Gasteiger partial charge in [0.05, 0.1) is 19.1 Å². The van der Waals surface area contributed by atoms with Crippen molar-refractivity contribution in [2.45, 2.75) is 127 Å². The number of phosphoric ester groups is 2. The number of ether oxygens (including phenoxy) is 2. The SMILES string of the molecule is CCCCCCCCCCCCCCCCOCC(CCl)OP(=O)(O)OP(=O)(O)OCC1OC(n2ccc(N)nc2=O)C(O)C1O.[Na]. The molecule has 0 aromatic carbocycles. The summed E-state index contributed by atoms with van der Waals surface area (Å²) in [6, 6.07) is 1.27. The quantitative estimate of drug-likeness (QED) is 0.0384. The largest absolute Gasteiger partial charge is 0.481 e. The Balaban J connectivity index is 0.0000110. The molecule has 19 heteroatoms. The molecule has 0 amide bonds. The number of anilines is 1. The maximum absolute atomic E-state index is 12.4. The molecule has 1 aromatic heterocycles. The van der Waals surface area contributed by atoms with Gasteiger partial charge >= 0.3 is 21.3 Å². The van der Waals surface area contributed by atoms with E-state index in [4.69, 9.17) is 35.9 Å². The van der Waals surface area contributed by atoms with Gasteiger partial charge in [0.1, 0.15) is 30.2 Å². The number of phosphoric acid groups is 2. The summed E-state index contributed by atoms with van der Waals surface area (Å²) in [6.07, 6.45) is 11.1. The minimum atomic E-state index is -5.24. The van der Waals surface area contributed by atoms with Gasteiger partial charge in [-0.25, -0.2) is 13.9 Å². The molecule has 1 fully saturated rings. The predicted octanol–water partition coefficient (Wildman–Crippen LogP) is 4.42. The molecule has 1 radical (unpaired) electrons. The monoisotopic (exact) mass is 742 g/mol. The van der Waals surface area contributed by atoms with E-state index in [2.05, 4.69) is 16.2 Å². The third kappa shape index (κ3) is 18.2. The fourth-order valence-corrected chi connectivity index (χ4v) is 7.44.